The minimum Gasteiger partial charge on any atom is -0.267 e. The van der Waals surface area contributed by atoms with Crippen molar-refractivity contribution in [2.45, 2.75) is 6.30 Å². The summed E-state index contributed by atoms with van der Waals surface area (Å²) in [5.41, 5.74) is -1.71. The molecule has 2 aromatic heterocycles. The Hall–Kier alpha value is -1.92. The molecule has 7 heteroatoms. The van der Waals surface area contributed by atoms with Gasteiger partial charge in [-0.25, -0.2) is 9.97 Å². The average Bonchev–Trinajstić information content (AvgIpc) is 2.15. The van der Waals surface area contributed by atoms with Gasteiger partial charge in [0, 0.05) is 6.20 Å². The van der Waals surface area contributed by atoms with Crippen molar-refractivity contribution >= 4 is 11.2 Å². The summed E-state index contributed by atoms with van der Waals surface area (Å²) in [6, 6.07) is 2.80. The lowest BCUT2D eigenvalue weighted by molar-refractivity contribution is -0.203. The quantitative estimate of drug-likeness (QED) is 0.664. The number of fused-ring (bicyclic) bond motifs is 1. The van der Waals surface area contributed by atoms with Gasteiger partial charge in [0.2, 0.25) is 0 Å². The minimum absolute atomic E-state index is 0.0226. The van der Waals surface area contributed by atoms with Crippen molar-refractivity contribution in [3.8, 4) is 0 Å². The van der Waals surface area contributed by atoms with E-state index in [9.17, 15) is 18.0 Å². The van der Waals surface area contributed by atoms with Crippen LogP contribution in [-0.2, 0) is 6.30 Å². The summed E-state index contributed by atoms with van der Waals surface area (Å²) in [5.74, 6) is 0. The number of alkyl halides is 3. The van der Waals surface area contributed by atoms with E-state index in [-0.39, 0.29) is 10.1 Å². The molecule has 0 aliphatic heterocycles. The summed E-state index contributed by atoms with van der Waals surface area (Å²) in [5, 5.41) is 0. The summed E-state index contributed by atoms with van der Waals surface area (Å²) in [6.45, 7) is 0. The fourth-order valence-corrected chi connectivity index (χ4v) is 1.19. The molecule has 78 valence electrons. The first-order chi connectivity index (χ1) is 7.00. The molecule has 0 saturated heterocycles. The highest BCUT2D eigenvalue weighted by Crippen LogP contribution is 2.22. The average molecular weight is 215 g/mol. The maximum atomic E-state index is 12.5. The first kappa shape index (κ1) is 9.63. The molecule has 0 aliphatic carbocycles. The van der Waals surface area contributed by atoms with Gasteiger partial charge in [0.15, 0.2) is 5.65 Å². The topological polar surface area (TPSA) is 47.8 Å². The monoisotopic (exact) mass is 215 g/mol. The fraction of sp³-hybridized carbons (Fsp3) is 0.125. The molecule has 0 unspecified atom stereocenters. The first-order valence-electron chi connectivity index (χ1n) is 3.90. The van der Waals surface area contributed by atoms with Crippen molar-refractivity contribution in [3.63, 3.8) is 0 Å². The summed E-state index contributed by atoms with van der Waals surface area (Å²) in [7, 11) is 0. The standard InChI is InChI=1S/C8H4F3N3O/c9-8(10,11)14-6(15)4-13-5-2-1-3-12-7(5)14/h1-4H. The van der Waals surface area contributed by atoms with Crippen LogP contribution in [0.25, 0.3) is 11.2 Å². The predicted octanol–water partition coefficient (Wildman–Crippen LogP) is 1.27. The number of hydrogen-bond acceptors (Lipinski definition) is 3. The molecule has 0 amide bonds. The number of hydrogen-bond donors (Lipinski definition) is 0. The molecule has 0 spiro atoms. The van der Waals surface area contributed by atoms with Gasteiger partial charge in [0.05, 0.1) is 6.20 Å². The smallest absolute Gasteiger partial charge is 0.267 e. The summed E-state index contributed by atoms with van der Waals surface area (Å²) < 4.78 is 37.1. The molecule has 2 rings (SSSR count). The number of halogens is 3. The van der Waals surface area contributed by atoms with Gasteiger partial charge in [-0.15, -0.1) is 13.2 Å². The van der Waals surface area contributed by atoms with E-state index in [1.807, 2.05) is 0 Å². The van der Waals surface area contributed by atoms with Crippen LogP contribution in [0, 0.1) is 0 Å². The van der Waals surface area contributed by atoms with Gasteiger partial charge in [-0.3, -0.25) is 4.79 Å². The minimum atomic E-state index is -4.79. The number of rotatable bonds is 0. The van der Waals surface area contributed by atoms with Gasteiger partial charge in [-0.05, 0) is 12.1 Å². The zero-order chi connectivity index (χ0) is 11.1. The Kier molecular flexibility index (Phi) is 1.95. The van der Waals surface area contributed by atoms with E-state index in [4.69, 9.17) is 0 Å². The van der Waals surface area contributed by atoms with E-state index in [1.165, 1.54) is 18.3 Å². The predicted molar refractivity (Wildman–Crippen MR) is 45.1 cm³/mol. The SMILES string of the molecule is O=c1cnc2cccnc2n1C(F)(F)F. The van der Waals surface area contributed by atoms with Gasteiger partial charge in [-0.2, -0.15) is 4.57 Å². The Balaban J connectivity index is 2.93. The maximum Gasteiger partial charge on any atom is 0.493 e. The van der Waals surface area contributed by atoms with Crippen LogP contribution in [0.5, 0.6) is 0 Å². The van der Waals surface area contributed by atoms with Crippen LogP contribution >= 0.6 is 0 Å². The molecular formula is C8H4F3N3O. The molecule has 0 bridgehead atoms. The fourth-order valence-electron chi connectivity index (χ4n) is 1.19. The Bertz CT molecular complexity index is 561. The van der Waals surface area contributed by atoms with E-state index in [2.05, 4.69) is 9.97 Å². The first-order valence-corrected chi connectivity index (χ1v) is 3.90. The number of nitrogens with zero attached hydrogens (tertiary/aromatic N) is 3. The molecular weight excluding hydrogens is 211 g/mol. The third-order valence-corrected chi connectivity index (χ3v) is 1.77. The van der Waals surface area contributed by atoms with Crippen LogP contribution in [0.2, 0.25) is 0 Å². The van der Waals surface area contributed by atoms with E-state index in [0.717, 1.165) is 0 Å². The maximum absolute atomic E-state index is 12.5. The van der Waals surface area contributed by atoms with Crippen molar-refractivity contribution in [2.75, 3.05) is 0 Å². The van der Waals surface area contributed by atoms with Crippen LogP contribution in [0.3, 0.4) is 0 Å². The van der Waals surface area contributed by atoms with Crippen molar-refractivity contribution in [1.82, 2.24) is 14.5 Å². The second-order valence-electron chi connectivity index (χ2n) is 2.75. The molecule has 0 atom stereocenters. The van der Waals surface area contributed by atoms with Gasteiger partial charge in [-0.1, -0.05) is 0 Å². The Morgan fingerprint density at radius 2 is 2.00 bits per heavy atom. The summed E-state index contributed by atoms with van der Waals surface area (Å²) in [6.07, 6.45) is -2.99. The zero-order valence-electron chi connectivity index (χ0n) is 7.19. The van der Waals surface area contributed by atoms with E-state index in [0.29, 0.717) is 6.20 Å². The van der Waals surface area contributed by atoms with Crippen LogP contribution in [-0.4, -0.2) is 14.5 Å². The highest BCUT2D eigenvalue weighted by atomic mass is 19.4. The molecule has 0 aromatic carbocycles. The summed E-state index contributed by atoms with van der Waals surface area (Å²) >= 11 is 0. The molecule has 4 nitrogen and oxygen atoms in total. The van der Waals surface area contributed by atoms with Crippen LogP contribution in [0.4, 0.5) is 13.2 Å². The van der Waals surface area contributed by atoms with Crippen molar-refractivity contribution in [3.05, 3.63) is 34.9 Å². The zero-order valence-corrected chi connectivity index (χ0v) is 7.19. The normalized spacial score (nSPS) is 11.9. The molecule has 0 radical (unpaired) electrons. The van der Waals surface area contributed by atoms with Crippen molar-refractivity contribution in [2.24, 2.45) is 0 Å². The van der Waals surface area contributed by atoms with Gasteiger partial charge in [0.25, 0.3) is 5.56 Å². The molecule has 0 aliphatic rings. The largest absolute Gasteiger partial charge is 0.493 e. The van der Waals surface area contributed by atoms with Gasteiger partial charge < -0.3 is 0 Å². The van der Waals surface area contributed by atoms with Crippen molar-refractivity contribution in [1.29, 1.82) is 0 Å². The van der Waals surface area contributed by atoms with Gasteiger partial charge >= 0.3 is 6.30 Å². The second-order valence-corrected chi connectivity index (χ2v) is 2.75. The van der Waals surface area contributed by atoms with Crippen LogP contribution in [0.1, 0.15) is 0 Å². The molecule has 0 fully saturated rings. The second kappa shape index (κ2) is 3.04. The molecule has 15 heavy (non-hydrogen) atoms. The van der Waals surface area contributed by atoms with Crippen LogP contribution < -0.4 is 5.56 Å². The van der Waals surface area contributed by atoms with E-state index in [1.54, 1.807) is 0 Å². The Morgan fingerprint density at radius 3 is 2.67 bits per heavy atom. The molecule has 2 heterocycles. The summed E-state index contributed by atoms with van der Waals surface area (Å²) in [4.78, 5) is 18.1. The number of pyridine rings is 1. The Labute approximate surface area is 81.0 Å². The molecule has 0 N–H and O–H groups in total. The van der Waals surface area contributed by atoms with Crippen LogP contribution in [0.15, 0.2) is 29.3 Å². The van der Waals surface area contributed by atoms with Gasteiger partial charge in [0.1, 0.15) is 5.52 Å². The highest BCUT2D eigenvalue weighted by Gasteiger charge is 2.34. The molecule has 0 saturated carbocycles. The third kappa shape index (κ3) is 1.56. The lowest BCUT2D eigenvalue weighted by Gasteiger charge is -2.10. The lowest BCUT2D eigenvalue weighted by Crippen LogP contribution is -2.31. The third-order valence-electron chi connectivity index (χ3n) is 1.77. The lowest BCUT2D eigenvalue weighted by atomic mass is 10.4. The van der Waals surface area contributed by atoms with Crippen molar-refractivity contribution < 1.29 is 13.2 Å². The number of aromatic nitrogens is 3. The van der Waals surface area contributed by atoms with E-state index >= 15 is 0 Å². The Morgan fingerprint density at radius 1 is 1.27 bits per heavy atom. The molecule has 2 aromatic rings. The highest BCUT2D eigenvalue weighted by molar-refractivity contribution is 5.69. The van der Waals surface area contributed by atoms with E-state index < -0.39 is 17.5 Å².